The maximum Gasteiger partial charge on any atom is 0.419 e. The van der Waals surface area contributed by atoms with Crippen molar-refractivity contribution in [3.8, 4) is 11.4 Å². The summed E-state index contributed by atoms with van der Waals surface area (Å²) in [6.07, 6.45) is -0.884. The largest absolute Gasteiger partial charge is 0.419 e. The Bertz CT molecular complexity index is 1220. The van der Waals surface area contributed by atoms with Gasteiger partial charge in [-0.15, -0.1) is 0 Å². The summed E-state index contributed by atoms with van der Waals surface area (Å²) in [5.74, 6) is 1.76. The van der Waals surface area contributed by atoms with E-state index in [9.17, 15) is 13.2 Å². The van der Waals surface area contributed by atoms with Crippen LogP contribution in [-0.4, -0.2) is 72.8 Å². The molecule has 8 nitrogen and oxygen atoms in total. The van der Waals surface area contributed by atoms with Gasteiger partial charge in [-0.2, -0.15) is 28.1 Å². The third-order valence-corrected chi connectivity index (χ3v) is 7.02. The van der Waals surface area contributed by atoms with Crippen LogP contribution in [0.5, 0.6) is 0 Å². The summed E-state index contributed by atoms with van der Waals surface area (Å²) in [6, 6.07) is 10.8. The lowest BCUT2D eigenvalue weighted by molar-refractivity contribution is -0.137. The second kappa shape index (κ2) is 10.0. The van der Waals surface area contributed by atoms with Crippen molar-refractivity contribution in [1.29, 1.82) is 0 Å². The van der Waals surface area contributed by atoms with E-state index in [2.05, 4.69) is 16.8 Å². The molecule has 196 valence electrons. The zero-order valence-electron chi connectivity index (χ0n) is 21.3. The molecule has 11 heteroatoms. The minimum absolute atomic E-state index is 0.0291. The van der Waals surface area contributed by atoms with Gasteiger partial charge in [-0.1, -0.05) is 0 Å². The van der Waals surface area contributed by atoms with Crippen molar-refractivity contribution < 1.29 is 13.2 Å². The van der Waals surface area contributed by atoms with E-state index in [1.165, 1.54) is 12.3 Å². The average Bonchev–Trinajstić information content (AvgIpc) is 3.34. The molecule has 2 fully saturated rings. The lowest BCUT2D eigenvalue weighted by Gasteiger charge is -2.36. The van der Waals surface area contributed by atoms with Gasteiger partial charge in [0.2, 0.25) is 11.9 Å². The number of hydrogen-bond acceptors (Lipinski definition) is 8. The van der Waals surface area contributed by atoms with E-state index in [4.69, 9.17) is 15.0 Å². The molecule has 1 atom stereocenters. The van der Waals surface area contributed by atoms with Gasteiger partial charge in [-0.3, -0.25) is 0 Å². The average molecular weight is 513 g/mol. The highest BCUT2D eigenvalue weighted by Gasteiger charge is 2.36. The minimum atomic E-state index is -4.45. The number of rotatable bonds is 5. The molecule has 0 bridgehead atoms. The first-order valence-corrected chi connectivity index (χ1v) is 12.5. The number of alkyl halides is 3. The van der Waals surface area contributed by atoms with Crippen LogP contribution in [0.4, 0.5) is 36.6 Å². The fourth-order valence-electron chi connectivity index (χ4n) is 4.88. The van der Waals surface area contributed by atoms with Gasteiger partial charge < -0.3 is 19.6 Å². The van der Waals surface area contributed by atoms with Crippen LogP contribution in [0, 0.1) is 0 Å². The number of halogens is 3. The van der Waals surface area contributed by atoms with Gasteiger partial charge in [-0.25, -0.2) is 4.98 Å². The Labute approximate surface area is 214 Å². The van der Waals surface area contributed by atoms with Crippen molar-refractivity contribution in [2.45, 2.75) is 32.0 Å². The number of aromatic nitrogens is 4. The molecule has 1 aromatic carbocycles. The van der Waals surface area contributed by atoms with E-state index in [0.717, 1.165) is 36.7 Å². The summed E-state index contributed by atoms with van der Waals surface area (Å²) in [6.45, 7) is 4.78. The molecule has 0 amide bonds. The summed E-state index contributed by atoms with van der Waals surface area (Å²) in [4.78, 5) is 26.5. The Morgan fingerprint density at radius 3 is 2.16 bits per heavy atom. The smallest absolute Gasteiger partial charge is 0.378 e. The molecule has 1 unspecified atom stereocenters. The third-order valence-electron chi connectivity index (χ3n) is 7.02. The van der Waals surface area contributed by atoms with Crippen molar-refractivity contribution in [3.63, 3.8) is 0 Å². The second-order valence-corrected chi connectivity index (χ2v) is 9.73. The first kappa shape index (κ1) is 25.0. The van der Waals surface area contributed by atoms with Crippen LogP contribution in [0.15, 0.2) is 42.6 Å². The first-order valence-electron chi connectivity index (χ1n) is 12.5. The molecule has 2 aromatic heterocycles. The maximum atomic E-state index is 13.5. The van der Waals surface area contributed by atoms with Crippen LogP contribution in [0.2, 0.25) is 0 Å². The number of benzene rings is 1. The molecule has 0 spiro atoms. The second-order valence-electron chi connectivity index (χ2n) is 9.73. The van der Waals surface area contributed by atoms with Crippen LogP contribution in [0.1, 0.15) is 25.3 Å². The number of piperazine rings is 1. The summed E-state index contributed by atoms with van der Waals surface area (Å²) >= 11 is 0. The Balaban J connectivity index is 1.42. The molecule has 4 heterocycles. The van der Waals surface area contributed by atoms with Crippen molar-refractivity contribution >= 4 is 23.4 Å². The topological polar surface area (TPSA) is 64.5 Å². The first-order chi connectivity index (χ1) is 17.7. The number of hydrogen-bond donors (Lipinski definition) is 0. The molecule has 2 saturated heterocycles. The van der Waals surface area contributed by atoms with Crippen LogP contribution in [0.3, 0.4) is 0 Å². The molecule has 0 saturated carbocycles. The summed E-state index contributed by atoms with van der Waals surface area (Å²) in [7, 11) is 3.98. The predicted molar refractivity (Wildman–Crippen MR) is 139 cm³/mol. The highest BCUT2D eigenvalue weighted by Crippen LogP contribution is 2.36. The monoisotopic (exact) mass is 512 g/mol. The summed E-state index contributed by atoms with van der Waals surface area (Å²) < 4.78 is 40.6. The zero-order chi connectivity index (χ0) is 26.2. The molecule has 2 aliphatic rings. The Morgan fingerprint density at radius 2 is 1.54 bits per heavy atom. The van der Waals surface area contributed by atoms with Crippen LogP contribution in [-0.2, 0) is 6.18 Å². The third kappa shape index (κ3) is 5.26. The molecule has 0 N–H and O–H groups in total. The quantitative estimate of drug-likeness (QED) is 0.501. The van der Waals surface area contributed by atoms with Gasteiger partial charge in [0.05, 0.1) is 5.56 Å². The van der Waals surface area contributed by atoms with Crippen LogP contribution < -0.4 is 19.6 Å². The van der Waals surface area contributed by atoms with E-state index in [0.29, 0.717) is 49.9 Å². The van der Waals surface area contributed by atoms with Crippen molar-refractivity contribution in [2.75, 3.05) is 66.4 Å². The maximum absolute atomic E-state index is 13.5. The Hall–Kier alpha value is -3.63. The standard InChI is InChI=1S/C26H31F3N8/c1-18-6-5-13-37(18)25-32-22(19-8-10-20(11-9-19)34(2)3)31-24(33-25)36-16-14-35(15-17-36)23-21(26(27,28)29)7-4-12-30-23/h4,7-12,18H,5-6,13-17H2,1-3H3. The highest BCUT2D eigenvalue weighted by molar-refractivity contribution is 5.63. The lowest BCUT2D eigenvalue weighted by atomic mass is 10.2. The molecule has 2 aliphatic heterocycles. The molecular formula is C26H31F3N8. The minimum Gasteiger partial charge on any atom is -0.378 e. The van der Waals surface area contributed by atoms with E-state index in [-0.39, 0.29) is 5.82 Å². The SMILES string of the molecule is CC1CCCN1c1nc(-c2ccc(N(C)C)cc2)nc(N2CCN(c3ncccc3C(F)(F)F)CC2)n1. The predicted octanol–water partition coefficient (Wildman–Crippen LogP) is 4.33. The number of pyridine rings is 1. The van der Waals surface area contributed by atoms with Crippen LogP contribution in [0.25, 0.3) is 11.4 Å². The molecule has 5 rings (SSSR count). The normalized spacial score (nSPS) is 18.4. The Morgan fingerprint density at radius 1 is 0.865 bits per heavy atom. The van der Waals surface area contributed by atoms with Gasteiger partial charge >= 0.3 is 6.18 Å². The molecule has 0 radical (unpaired) electrons. The van der Waals surface area contributed by atoms with Gasteiger partial charge in [0.25, 0.3) is 0 Å². The van der Waals surface area contributed by atoms with Gasteiger partial charge in [-0.05, 0) is 56.2 Å². The molecule has 37 heavy (non-hydrogen) atoms. The van der Waals surface area contributed by atoms with Crippen LogP contribution >= 0.6 is 0 Å². The Kier molecular flexibility index (Phi) is 6.78. The summed E-state index contributed by atoms with van der Waals surface area (Å²) in [5, 5.41) is 0. The zero-order valence-corrected chi connectivity index (χ0v) is 21.3. The van der Waals surface area contributed by atoms with E-state index in [1.807, 2.05) is 48.2 Å². The van der Waals surface area contributed by atoms with Crippen molar-refractivity contribution in [3.05, 3.63) is 48.2 Å². The number of nitrogens with zero attached hydrogens (tertiary/aromatic N) is 8. The number of anilines is 4. The highest BCUT2D eigenvalue weighted by atomic mass is 19.4. The summed E-state index contributed by atoms with van der Waals surface area (Å²) in [5.41, 5.74) is 1.26. The van der Waals surface area contributed by atoms with Gasteiger partial charge in [0, 0.05) is 70.3 Å². The fraction of sp³-hybridized carbons (Fsp3) is 0.462. The van der Waals surface area contributed by atoms with Gasteiger partial charge in [0.15, 0.2) is 5.82 Å². The molecule has 0 aliphatic carbocycles. The van der Waals surface area contributed by atoms with Gasteiger partial charge in [0.1, 0.15) is 5.82 Å². The van der Waals surface area contributed by atoms with E-state index in [1.54, 1.807) is 4.90 Å². The molecule has 3 aromatic rings. The van der Waals surface area contributed by atoms with E-state index < -0.39 is 11.7 Å². The molecular weight excluding hydrogens is 481 g/mol. The lowest BCUT2D eigenvalue weighted by Crippen LogP contribution is -2.48. The fourth-order valence-corrected chi connectivity index (χ4v) is 4.88. The van der Waals surface area contributed by atoms with E-state index >= 15 is 0 Å². The van der Waals surface area contributed by atoms with Crippen molar-refractivity contribution in [2.24, 2.45) is 0 Å². The van der Waals surface area contributed by atoms with Crippen molar-refractivity contribution in [1.82, 2.24) is 19.9 Å².